The van der Waals surface area contributed by atoms with Gasteiger partial charge in [-0.2, -0.15) is 0 Å². The molecule has 2 rings (SSSR count). The van der Waals surface area contributed by atoms with E-state index in [-0.39, 0.29) is 0 Å². The van der Waals surface area contributed by atoms with Gasteiger partial charge < -0.3 is 5.73 Å². The first-order valence-corrected chi connectivity index (χ1v) is 4.55. The Hall–Kier alpha value is -0.980. The van der Waals surface area contributed by atoms with Crippen molar-refractivity contribution in [3.63, 3.8) is 0 Å². The molecule has 1 nitrogen and oxygen atoms in total. The molecule has 1 heteroatoms. The predicted octanol–water partition coefficient (Wildman–Crippen LogP) is 2.49. The van der Waals surface area contributed by atoms with Crippen molar-refractivity contribution in [2.24, 2.45) is 0 Å². The first-order chi connectivity index (χ1) is 5.67. The molecule has 0 aromatic heterocycles. The summed E-state index contributed by atoms with van der Waals surface area (Å²) in [5.41, 5.74) is 10.1. The second-order valence-corrected chi connectivity index (χ2v) is 3.96. The third-order valence-electron chi connectivity index (χ3n) is 3.21. The highest BCUT2D eigenvalue weighted by molar-refractivity contribution is 5.59. The molecule has 1 aliphatic carbocycles. The van der Waals surface area contributed by atoms with Crippen molar-refractivity contribution in [3.05, 3.63) is 29.3 Å². The molecule has 12 heavy (non-hydrogen) atoms. The number of benzene rings is 1. The number of hydrogen-bond acceptors (Lipinski definition) is 1. The van der Waals surface area contributed by atoms with Gasteiger partial charge in [0.1, 0.15) is 0 Å². The van der Waals surface area contributed by atoms with Gasteiger partial charge in [-0.1, -0.05) is 26.0 Å². The van der Waals surface area contributed by atoms with E-state index in [0.717, 1.165) is 12.1 Å². The summed E-state index contributed by atoms with van der Waals surface area (Å²) in [6, 6.07) is 6.26. The lowest BCUT2D eigenvalue weighted by Crippen LogP contribution is -2.35. The van der Waals surface area contributed by atoms with Crippen LogP contribution in [0.5, 0.6) is 0 Å². The fraction of sp³-hybridized carbons (Fsp3) is 0.455. The zero-order chi connectivity index (χ0) is 8.77. The molecule has 0 unspecified atom stereocenters. The van der Waals surface area contributed by atoms with Crippen LogP contribution >= 0.6 is 0 Å². The quantitative estimate of drug-likeness (QED) is 0.629. The minimum atomic E-state index is 0.407. The molecule has 1 atom stereocenters. The first kappa shape index (κ1) is 7.66. The summed E-state index contributed by atoms with van der Waals surface area (Å²) < 4.78 is 0. The Morgan fingerprint density at radius 2 is 2.25 bits per heavy atom. The predicted molar refractivity (Wildman–Crippen MR) is 52.2 cm³/mol. The van der Waals surface area contributed by atoms with Crippen LogP contribution in [0.25, 0.3) is 0 Å². The normalized spacial score (nSPS) is 26.2. The Morgan fingerprint density at radius 3 is 2.92 bits per heavy atom. The SMILES string of the molecule is CC[C@@]1(C)Cc2c(N)cccc21. The van der Waals surface area contributed by atoms with Gasteiger partial charge in [0.15, 0.2) is 0 Å². The summed E-state index contributed by atoms with van der Waals surface area (Å²) in [4.78, 5) is 0. The molecule has 0 heterocycles. The monoisotopic (exact) mass is 161 g/mol. The van der Waals surface area contributed by atoms with E-state index in [4.69, 9.17) is 5.73 Å². The topological polar surface area (TPSA) is 26.0 Å². The highest BCUT2D eigenvalue weighted by Crippen LogP contribution is 2.45. The molecule has 0 fully saturated rings. The minimum absolute atomic E-state index is 0.407. The summed E-state index contributed by atoms with van der Waals surface area (Å²) in [6.45, 7) is 4.56. The van der Waals surface area contributed by atoms with Gasteiger partial charge in [0.2, 0.25) is 0 Å². The molecular formula is C11H15N. The molecule has 2 N–H and O–H groups in total. The lowest BCUT2D eigenvalue weighted by molar-refractivity contribution is 0.396. The van der Waals surface area contributed by atoms with Gasteiger partial charge in [0.25, 0.3) is 0 Å². The van der Waals surface area contributed by atoms with E-state index in [2.05, 4.69) is 26.0 Å². The van der Waals surface area contributed by atoms with Gasteiger partial charge in [-0.3, -0.25) is 0 Å². The minimum Gasteiger partial charge on any atom is -0.398 e. The number of fused-ring (bicyclic) bond motifs is 1. The molecule has 1 aromatic carbocycles. The highest BCUT2D eigenvalue weighted by atomic mass is 14.6. The number of nitrogen functional groups attached to an aromatic ring is 1. The average molecular weight is 161 g/mol. The van der Waals surface area contributed by atoms with E-state index >= 15 is 0 Å². The highest BCUT2D eigenvalue weighted by Gasteiger charge is 2.37. The maximum absolute atomic E-state index is 5.85. The van der Waals surface area contributed by atoms with Crippen molar-refractivity contribution >= 4 is 5.69 Å². The van der Waals surface area contributed by atoms with Gasteiger partial charge in [0.05, 0.1) is 0 Å². The zero-order valence-corrected chi connectivity index (χ0v) is 7.72. The van der Waals surface area contributed by atoms with Crippen LogP contribution in [0.4, 0.5) is 5.69 Å². The van der Waals surface area contributed by atoms with Crippen molar-refractivity contribution in [3.8, 4) is 0 Å². The Balaban J connectivity index is 2.48. The molecule has 1 aliphatic rings. The summed E-state index contributed by atoms with van der Waals surface area (Å²) in [7, 11) is 0. The molecule has 0 spiro atoms. The van der Waals surface area contributed by atoms with E-state index in [1.165, 1.54) is 17.5 Å². The van der Waals surface area contributed by atoms with Crippen molar-refractivity contribution < 1.29 is 0 Å². The van der Waals surface area contributed by atoms with Crippen LogP contribution in [0.2, 0.25) is 0 Å². The molecule has 0 radical (unpaired) electrons. The van der Waals surface area contributed by atoms with Crippen LogP contribution in [0.3, 0.4) is 0 Å². The third-order valence-corrected chi connectivity index (χ3v) is 3.21. The van der Waals surface area contributed by atoms with Gasteiger partial charge in [-0.05, 0) is 35.4 Å². The molecule has 0 aliphatic heterocycles. The maximum atomic E-state index is 5.85. The Labute approximate surface area is 73.6 Å². The van der Waals surface area contributed by atoms with Crippen LogP contribution in [0.1, 0.15) is 31.4 Å². The summed E-state index contributed by atoms with van der Waals surface area (Å²) in [6.07, 6.45) is 2.37. The second-order valence-electron chi connectivity index (χ2n) is 3.96. The standard InChI is InChI=1S/C11H15N/c1-3-11(2)7-8-9(11)5-4-6-10(8)12/h4-6H,3,7,12H2,1-2H3/t11-/m0/s1. The van der Waals surface area contributed by atoms with E-state index in [1.807, 2.05) is 6.07 Å². The summed E-state index contributed by atoms with van der Waals surface area (Å²) in [5, 5.41) is 0. The molecular weight excluding hydrogens is 146 g/mol. The number of nitrogens with two attached hydrogens (primary N) is 1. The Kier molecular flexibility index (Phi) is 1.44. The van der Waals surface area contributed by atoms with Crippen LogP contribution in [-0.4, -0.2) is 0 Å². The van der Waals surface area contributed by atoms with Crippen LogP contribution < -0.4 is 5.73 Å². The average Bonchev–Trinajstić information content (AvgIpc) is 2.06. The second kappa shape index (κ2) is 2.25. The summed E-state index contributed by atoms with van der Waals surface area (Å²) in [5.74, 6) is 0. The fourth-order valence-electron chi connectivity index (χ4n) is 2.06. The summed E-state index contributed by atoms with van der Waals surface area (Å²) >= 11 is 0. The van der Waals surface area contributed by atoms with Crippen LogP contribution in [0.15, 0.2) is 18.2 Å². The molecule has 1 aromatic rings. The number of rotatable bonds is 1. The van der Waals surface area contributed by atoms with Crippen molar-refractivity contribution in [1.82, 2.24) is 0 Å². The van der Waals surface area contributed by atoms with Crippen molar-refractivity contribution in [2.75, 3.05) is 5.73 Å². The molecule has 64 valence electrons. The molecule has 0 bridgehead atoms. The van der Waals surface area contributed by atoms with Gasteiger partial charge in [-0.25, -0.2) is 0 Å². The van der Waals surface area contributed by atoms with Crippen LogP contribution in [-0.2, 0) is 11.8 Å². The van der Waals surface area contributed by atoms with Crippen molar-refractivity contribution in [1.29, 1.82) is 0 Å². The molecule has 0 saturated heterocycles. The molecule has 0 saturated carbocycles. The van der Waals surface area contributed by atoms with Crippen LogP contribution in [0, 0.1) is 0 Å². The van der Waals surface area contributed by atoms with E-state index in [1.54, 1.807) is 0 Å². The Bertz CT molecular complexity index is 317. The van der Waals surface area contributed by atoms with E-state index in [9.17, 15) is 0 Å². The molecule has 0 amide bonds. The fourth-order valence-corrected chi connectivity index (χ4v) is 2.06. The van der Waals surface area contributed by atoms with Gasteiger partial charge in [-0.15, -0.1) is 0 Å². The van der Waals surface area contributed by atoms with Crippen molar-refractivity contribution in [2.45, 2.75) is 32.1 Å². The van der Waals surface area contributed by atoms with Gasteiger partial charge in [0, 0.05) is 5.69 Å². The third kappa shape index (κ3) is 0.795. The number of anilines is 1. The lowest BCUT2D eigenvalue weighted by Gasteiger charge is -2.41. The smallest absolute Gasteiger partial charge is 0.0349 e. The number of hydrogen-bond donors (Lipinski definition) is 1. The van der Waals surface area contributed by atoms with Gasteiger partial charge >= 0.3 is 0 Å². The lowest BCUT2D eigenvalue weighted by atomic mass is 9.63. The Morgan fingerprint density at radius 1 is 1.50 bits per heavy atom. The van der Waals surface area contributed by atoms with E-state index in [0.29, 0.717) is 5.41 Å². The first-order valence-electron chi connectivity index (χ1n) is 4.55. The zero-order valence-electron chi connectivity index (χ0n) is 7.72. The largest absolute Gasteiger partial charge is 0.398 e. The van der Waals surface area contributed by atoms with E-state index < -0.39 is 0 Å². The maximum Gasteiger partial charge on any atom is 0.0349 e.